The SMILES string of the molecule is COC1OCOO1. The Morgan fingerprint density at radius 3 is 2.86 bits per heavy atom. The van der Waals surface area contributed by atoms with Gasteiger partial charge in [-0.05, 0) is 0 Å². The third kappa shape index (κ3) is 1.10. The molecule has 0 radical (unpaired) electrons. The Kier molecular flexibility index (Phi) is 1.59. The lowest BCUT2D eigenvalue weighted by Crippen LogP contribution is -2.08. The van der Waals surface area contributed by atoms with Crippen LogP contribution in [0.15, 0.2) is 0 Å². The molecule has 1 unspecified atom stereocenters. The summed E-state index contributed by atoms with van der Waals surface area (Å²) in [6, 6.07) is 0. The fourth-order valence-corrected chi connectivity index (χ4v) is 0.302. The van der Waals surface area contributed by atoms with Crippen LogP contribution in [0.1, 0.15) is 0 Å². The Balaban J connectivity index is 2.14. The predicted octanol–water partition coefficient (Wildman–Crippen LogP) is -0.148. The molecule has 1 heterocycles. The van der Waals surface area contributed by atoms with Crippen molar-refractivity contribution >= 4 is 0 Å². The zero-order valence-corrected chi connectivity index (χ0v) is 3.92. The normalized spacial score (nSPS) is 31.3. The Morgan fingerprint density at radius 1 is 1.71 bits per heavy atom. The first-order chi connectivity index (χ1) is 3.43. The van der Waals surface area contributed by atoms with Crippen molar-refractivity contribution in [3.05, 3.63) is 0 Å². The molecule has 0 aliphatic carbocycles. The van der Waals surface area contributed by atoms with E-state index in [-0.39, 0.29) is 6.79 Å². The average Bonchev–Trinajstić information content (AvgIpc) is 2.14. The van der Waals surface area contributed by atoms with E-state index in [1.807, 2.05) is 0 Å². The van der Waals surface area contributed by atoms with Crippen molar-refractivity contribution in [1.29, 1.82) is 0 Å². The highest BCUT2D eigenvalue weighted by atomic mass is 17.3. The smallest absolute Gasteiger partial charge is 0.303 e. The molecule has 4 heteroatoms. The first-order valence-corrected chi connectivity index (χ1v) is 1.86. The summed E-state index contributed by atoms with van der Waals surface area (Å²) in [7, 11) is 1.47. The number of hydrogen-bond acceptors (Lipinski definition) is 4. The lowest BCUT2D eigenvalue weighted by molar-refractivity contribution is -0.338. The van der Waals surface area contributed by atoms with Crippen LogP contribution in [-0.4, -0.2) is 20.4 Å². The van der Waals surface area contributed by atoms with Gasteiger partial charge in [0.15, 0.2) is 6.79 Å². The second-order valence-electron chi connectivity index (χ2n) is 1.02. The minimum Gasteiger partial charge on any atom is -0.331 e. The lowest BCUT2D eigenvalue weighted by Gasteiger charge is -1.98. The van der Waals surface area contributed by atoms with E-state index in [0.29, 0.717) is 0 Å². The van der Waals surface area contributed by atoms with E-state index in [0.717, 1.165) is 0 Å². The number of ether oxygens (including phenoxy) is 2. The Labute approximate surface area is 40.8 Å². The van der Waals surface area contributed by atoms with Crippen LogP contribution < -0.4 is 0 Å². The zero-order valence-electron chi connectivity index (χ0n) is 3.92. The largest absolute Gasteiger partial charge is 0.331 e. The van der Waals surface area contributed by atoms with Gasteiger partial charge in [0, 0.05) is 7.11 Å². The molecule has 4 nitrogen and oxygen atoms in total. The van der Waals surface area contributed by atoms with Crippen LogP contribution in [0, 0.1) is 0 Å². The van der Waals surface area contributed by atoms with E-state index in [1.165, 1.54) is 7.11 Å². The van der Waals surface area contributed by atoms with Crippen molar-refractivity contribution in [3.63, 3.8) is 0 Å². The van der Waals surface area contributed by atoms with Gasteiger partial charge < -0.3 is 4.74 Å². The summed E-state index contributed by atoms with van der Waals surface area (Å²) < 4.78 is 9.18. The molecule has 42 valence electrons. The topological polar surface area (TPSA) is 36.9 Å². The third-order valence-electron chi connectivity index (χ3n) is 0.591. The maximum atomic E-state index is 4.64. The second kappa shape index (κ2) is 2.23. The monoisotopic (exact) mass is 106 g/mol. The van der Waals surface area contributed by atoms with Gasteiger partial charge in [0.25, 0.3) is 0 Å². The molecule has 1 fully saturated rings. The van der Waals surface area contributed by atoms with E-state index in [4.69, 9.17) is 0 Å². The van der Waals surface area contributed by atoms with Gasteiger partial charge in [-0.25, -0.2) is 4.89 Å². The standard InChI is InChI=1S/C3H6O4/c1-4-3-5-2-6-7-3/h3H,2H2,1H3. The minimum absolute atomic E-state index is 0.151. The van der Waals surface area contributed by atoms with Crippen molar-refractivity contribution in [2.24, 2.45) is 0 Å². The first kappa shape index (κ1) is 4.99. The Hall–Kier alpha value is -0.160. The molecule has 7 heavy (non-hydrogen) atoms. The molecule has 0 aromatic rings. The van der Waals surface area contributed by atoms with Crippen LogP contribution in [0.3, 0.4) is 0 Å². The first-order valence-electron chi connectivity index (χ1n) is 1.86. The van der Waals surface area contributed by atoms with Gasteiger partial charge in [0.1, 0.15) is 0 Å². The number of hydrogen-bond donors (Lipinski definition) is 0. The average molecular weight is 106 g/mol. The van der Waals surface area contributed by atoms with Gasteiger partial charge in [0.05, 0.1) is 0 Å². The molecular weight excluding hydrogens is 100 g/mol. The van der Waals surface area contributed by atoms with Gasteiger partial charge in [-0.1, -0.05) is 0 Å². The Bertz CT molecular complexity index is 48.9. The van der Waals surface area contributed by atoms with Crippen molar-refractivity contribution in [2.45, 2.75) is 6.48 Å². The molecular formula is C3H6O4. The summed E-state index contributed by atoms with van der Waals surface area (Å²) in [4.78, 5) is 8.66. The summed E-state index contributed by atoms with van der Waals surface area (Å²) in [5, 5.41) is 0. The highest BCUT2D eigenvalue weighted by molar-refractivity contribution is 4.14. The maximum Gasteiger partial charge on any atom is 0.303 e. The fraction of sp³-hybridized carbons (Fsp3) is 1.00. The van der Waals surface area contributed by atoms with Gasteiger partial charge >= 0.3 is 6.48 Å². The van der Waals surface area contributed by atoms with Gasteiger partial charge in [-0.15, -0.1) is 0 Å². The fourth-order valence-electron chi connectivity index (χ4n) is 0.302. The van der Waals surface area contributed by atoms with Gasteiger partial charge in [0.2, 0.25) is 0 Å². The molecule has 1 rings (SSSR count). The van der Waals surface area contributed by atoms with E-state index >= 15 is 0 Å². The maximum absolute atomic E-state index is 4.64. The predicted molar refractivity (Wildman–Crippen MR) is 18.9 cm³/mol. The van der Waals surface area contributed by atoms with Crippen LogP contribution in [0.2, 0.25) is 0 Å². The molecule has 0 aromatic heterocycles. The zero-order chi connectivity index (χ0) is 5.11. The molecule has 1 aliphatic rings. The molecule has 0 spiro atoms. The van der Waals surface area contributed by atoms with Crippen molar-refractivity contribution in [1.82, 2.24) is 0 Å². The van der Waals surface area contributed by atoms with E-state index in [2.05, 4.69) is 19.2 Å². The number of methoxy groups -OCH3 is 1. The molecule has 0 N–H and O–H groups in total. The number of rotatable bonds is 1. The van der Waals surface area contributed by atoms with E-state index in [9.17, 15) is 0 Å². The van der Waals surface area contributed by atoms with Crippen LogP contribution >= 0.6 is 0 Å². The van der Waals surface area contributed by atoms with Crippen molar-refractivity contribution in [2.75, 3.05) is 13.9 Å². The highest BCUT2D eigenvalue weighted by Gasteiger charge is 2.14. The van der Waals surface area contributed by atoms with E-state index < -0.39 is 6.48 Å². The van der Waals surface area contributed by atoms with Gasteiger partial charge in [-0.2, -0.15) is 4.89 Å². The molecule has 1 aliphatic heterocycles. The van der Waals surface area contributed by atoms with Crippen LogP contribution in [0.5, 0.6) is 0 Å². The summed E-state index contributed by atoms with van der Waals surface area (Å²) in [6.45, 7) is -0.474. The minimum atomic E-state index is -0.625. The summed E-state index contributed by atoms with van der Waals surface area (Å²) in [5.41, 5.74) is 0. The summed E-state index contributed by atoms with van der Waals surface area (Å²) in [6.07, 6.45) is 0. The molecule has 0 aromatic carbocycles. The van der Waals surface area contributed by atoms with Crippen molar-refractivity contribution < 1.29 is 19.2 Å². The molecule has 0 amide bonds. The molecule has 0 saturated carbocycles. The highest BCUT2D eigenvalue weighted by Crippen LogP contribution is 2.03. The van der Waals surface area contributed by atoms with Crippen LogP contribution in [0.4, 0.5) is 0 Å². The molecule has 1 atom stereocenters. The van der Waals surface area contributed by atoms with Gasteiger partial charge in [-0.3, -0.25) is 4.74 Å². The Morgan fingerprint density at radius 2 is 2.57 bits per heavy atom. The summed E-state index contributed by atoms with van der Waals surface area (Å²) in [5.74, 6) is 0. The van der Waals surface area contributed by atoms with Crippen LogP contribution in [0.25, 0.3) is 0 Å². The van der Waals surface area contributed by atoms with E-state index in [1.54, 1.807) is 0 Å². The quantitative estimate of drug-likeness (QED) is 0.436. The van der Waals surface area contributed by atoms with Crippen LogP contribution in [-0.2, 0) is 19.2 Å². The third-order valence-corrected chi connectivity index (χ3v) is 0.591. The second-order valence-corrected chi connectivity index (χ2v) is 1.02. The molecule has 0 bridgehead atoms. The lowest BCUT2D eigenvalue weighted by atomic mass is 11.2. The molecule has 1 saturated heterocycles. The summed E-state index contributed by atoms with van der Waals surface area (Å²) >= 11 is 0. The van der Waals surface area contributed by atoms with Crippen molar-refractivity contribution in [3.8, 4) is 0 Å².